The average Bonchev–Trinajstić information content (AvgIpc) is 3.22. The van der Waals surface area contributed by atoms with Crippen molar-refractivity contribution in [2.45, 2.75) is 38.6 Å². The Balaban J connectivity index is 1.77. The molecule has 1 N–H and O–H groups in total. The number of hydrogen-bond acceptors (Lipinski definition) is 8. The molecule has 0 saturated carbocycles. The predicted octanol–water partition coefficient (Wildman–Crippen LogP) is 3.96. The fraction of sp³-hybridized carbons (Fsp3) is 0.280. The molecule has 4 aromatic rings. The molecule has 0 radical (unpaired) electrons. The third-order valence-electron chi connectivity index (χ3n) is 5.76. The van der Waals surface area contributed by atoms with Crippen LogP contribution < -0.4 is 0 Å². The summed E-state index contributed by atoms with van der Waals surface area (Å²) in [5, 5.41) is 24.3. The van der Waals surface area contributed by atoms with Crippen LogP contribution >= 0.6 is 0 Å². The molecular formula is C25H25FN6O3. The summed E-state index contributed by atoms with van der Waals surface area (Å²) in [6.45, 7) is 7.35. The van der Waals surface area contributed by atoms with E-state index in [4.69, 9.17) is 4.74 Å². The SMILES string of the molecule is C=CCCC(C)(C(=O)OCC)c1nnc(-c2nn(Cc3ccccc3F)c3ncccc23)nc1O. The second kappa shape index (κ2) is 9.96. The molecule has 4 rings (SSSR count). The van der Waals surface area contributed by atoms with E-state index in [2.05, 4.69) is 31.8 Å². The number of esters is 1. The van der Waals surface area contributed by atoms with Crippen LogP contribution in [0.15, 0.2) is 55.3 Å². The lowest BCUT2D eigenvalue weighted by Gasteiger charge is -2.25. The summed E-state index contributed by atoms with van der Waals surface area (Å²) < 4.78 is 21.0. The number of benzene rings is 1. The van der Waals surface area contributed by atoms with Gasteiger partial charge in [-0.3, -0.25) is 4.79 Å². The van der Waals surface area contributed by atoms with Gasteiger partial charge in [0.15, 0.2) is 5.65 Å². The smallest absolute Gasteiger partial charge is 0.318 e. The molecule has 1 atom stereocenters. The van der Waals surface area contributed by atoms with Gasteiger partial charge in [0.2, 0.25) is 11.7 Å². The van der Waals surface area contributed by atoms with Gasteiger partial charge in [0.1, 0.15) is 22.6 Å². The summed E-state index contributed by atoms with van der Waals surface area (Å²) >= 11 is 0. The zero-order chi connectivity index (χ0) is 25.0. The summed E-state index contributed by atoms with van der Waals surface area (Å²) in [6.07, 6.45) is 4.08. The van der Waals surface area contributed by atoms with E-state index in [0.717, 1.165) is 0 Å². The van der Waals surface area contributed by atoms with Crippen molar-refractivity contribution in [1.82, 2.24) is 29.9 Å². The Morgan fingerprint density at radius 1 is 1.26 bits per heavy atom. The van der Waals surface area contributed by atoms with Crippen molar-refractivity contribution in [1.29, 1.82) is 0 Å². The molecule has 10 heteroatoms. The van der Waals surface area contributed by atoms with Gasteiger partial charge in [0, 0.05) is 11.8 Å². The van der Waals surface area contributed by atoms with Crippen LogP contribution in [0.3, 0.4) is 0 Å². The van der Waals surface area contributed by atoms with E-state index in [1.165, 1.54) is 6.07 Å². The van der Waals surface area contributed by atoms with E-state index >= 15 is 0 Å². The van der Waals surface area contributed by atoms with E-state index in [0.29, 0.717) is 35.1 Å². The van der Waals surface area contributed by atoms with Crippen LogP contribution in [-0.2, 0) is 21.5 Å². The van der Waals surface area contributed by atoms with Crippen LogP contribution in [0.4, 0.5) is 4.39 Å². The molecule has 0 saturated heterocycles. The number of hydrogen-bond donors (Lipinski definition) is 1. The van der Waals surface area contributed by atoms with Crippen molar-refractivity contribution >= 4 is 17.0 Å². The topological polar surface area (TPSA) is 116 Å². The monoisotopic (exact) mass is 476 g/mol. The van der Waals surface area contributed by atoms with Crippen LogP contribution in [0.5, 0.6) is 5.88 Å². The first-order valence-corrected chi connectivity index (χ1v) is 11.2. The first-order valence-electron chi connectivity index (χ1n) is 11.2. The molecule has 35 heavy (non-hydrogen) atoms. The lowest BCUT2D eigenvalue weighted by molar-refractivity contribution is -0.150. The van der Waals surface area contributed by atoms with Gasteiger partial charge >= 0.3 is 5.97 Å². The van der Waals surface area contributed by atoms with Crippen LogP contribution in [0.2, 0.25) is 0 Å². The van der Waals surface area contributed by atoms with Gasteiger partial charge in [-0.15, -0.1) is 16.8 Å². The Hall–Kier alpha value is -4.21. The van der Waals surface area contributed by atoms with Crippen molar-refractivity contribution in [2.75, 3.05) is 6.61 Å². The highest BCUT2D eigenvalue weighted by molar-refractivity contribution is 5.89. The molecule has 0 fully saturated rings. The second-order valence-electron chi connectivity index (χ2n) is 8.16. The number of allylic oxidation sites excluding steroid dienone is 1. The molecule has 0 amide bonds. The molecule has 180 valence electrons. The number of carbonyl (C=O) groups is 1. The Morgan fingerprint density at radius 3 is 2.77 bits per heavy atom. The van der Waals surface area contributed by atoms with Gasteiger partial charge < -0.3 is 9.84 Å². The van der Waals surface area contributed by atoms with Crippen molar-refractivity contribution in [2.24, 2.45) is 0 Å². The number of aromatic nitrogens is 6. The average molecular weight is 477 g/mol. The number of fused-ring (bicyclic) bond motifs is 1. The normalized spacial score (nSPS) is 12.9. The Kier molecular flexibility index (Phi) is 6.81. The number of aromatic hydroxyl groups is 1. The lowest BCUT2D eigenvalue weighted by Crippen LogP contribution is -2.36. The summed E-state index contributed by atoms with van der Waals surface area (Å²) in [6, 6.07) is 9.93. The minimum Gasteiger partial charge on any atom is -0.492 e. The van der Waals surface area contributed by atoms with Crippen molar-refractivity contribution in [3.8, 4) is 17.4 Å². The van der Waals surface area contributed by atoms with Crippen molar-refractivity contribution in [3.05, 3.63) is 72.3 Å². The highest BCUT2D eigenvalue weighted by Gasteiger charge is 2.41. The van der Waals surface area contributed by atoms with Gasteiger partial charge in [-0.25, -0.2) is 14.1 Å². The number of halogens is 1. The minimum atomic E-state index is -1.26. The standard InChI is InChI=1S/C25H25FN6O3/c1-4-6-13-25(3,24(34)35-5-2)20-23(33)28-21(30-29-20)19-17-11-9-14-27-22(17)32(31-19)15-16-10-7-8-12-18(16)26/h4,7-12,14H,1,5-6,13,15H2,2-3H3,(H,28,30,33). The zero-order valence-corrected chi connectivity index (χ0v) is 19.5. The molecule has 0 spiro atoms. The molecule has 3 heterocycles. The highest BCUT2D eigenvalue weighted by Crippen LogP contribution is 2.35. The maximum Gasteiger partial charge on any atom is 0.318 e. The molecule has 0 aliphatic carbocycles. The van der Waals surface area contributed by atoms with Gasteiger partial charge in [-0.1, -0.05) is 24.3 Å². The number of pyridine rings is 1. The second-order valence-corrected chi connectivity index (χ2v) is 8.16. The van der Waals surface area contributed by atoms with Crippen LogP contribution in [0, 0.1) is 5.82 Å². The maximum absolute atomic E-state index is 14.2. The quantitative estimate of drug-likeness (QED) is 0.285. The first-order chi connectivity index (χ1) is 16.9. The fourth-order valence-corrected chi connectivity index (χ4v) is 3.85. The summed E-state index contributed by atoms with van der Waals surface area (Å²) in [4.78, 5) is 21.3. The van der Waals surface area contributed by atoms with E-state index < -0.39 is 17.3 Å². The number of carbonyl (C=O) groups excluding carboxylic acids is 1. The van der Waals surface area contributed by atoms with E-state index in [-0.39, 0.29) is 30.5 Å². The summed E-state index contributed by atoms with van der Waals surface area (Å²) in [5.41, 5.74) is 0.0113. The van der Waals surface area contributed by atoms with Crippen LogP contribution in [0.1, 0.15) is 37.9 Å². The van der Waals surface area contributed by atoms with E-state index in [9.17, 15) is 14.3 Å². The Morgan fingerprint density at radius 2 is 2.06 bits per heavy atom. The third-order valence-corrected chi connectivity index (χ3v) is 5.76. The molecule has 1 unspecified atom stereocenters. The molecule has 0 aliphatic rings. The van der Waals surface area contributed by atoms with E-state index in [1.807, 2.05) is 0 Å². The molecule has 3 aromatic heterocycles. The highest BCUT2D eigenvalue weighted by atomic mass is 19.1. The number of ether oxygens (including phenoxy) is 1. The minimum absolute atomic E-state index is 0.00905. The van der Waals surface area contributed by atoms with E-state index in [1.54, 1.807) is 61.1 Å². The molecule has 9 nitrogen and oxygen atoms in total. The molecule has 0 aliphatic heterocycles. The summed E-state index contributed by atoms with van der Waals surface area (Å²) in [7, 11) is 0. The molecular weight excluding hydrogens is 451 g/mol. The van der Waals surface area contributed by atoms with Gasteiger partial charge in [0.05, 0.1) is 18.5 Å². The van der Waals surface area contributed by atoms with Gasteiger partial charge in [-0.05, 0) is 44.9 Å². The number of nitrogens with zero attached hydrogens (tertiary/aromatic N) is 6. The van der Waals surface area contributed by atoms with Crippen molar-refractivity contribution in [3.63, 3.8) is 0 Å². The molecule has 1 aromatic carbocycles. The van der Waals surface area contributed by atoms with Gasteiger partial charge in [0.25, 0.3) is 0 Å². The fourth-order valence-electron chi connectivity index (χ4n) is 3.85. The zero-order valence-electron chi connectivity index (χ0n) is 19.5. The largest absolute Gasteiger partial charge is 0.492 e. The Labute approximate surface area is 201 Å². The summed E-state index contributed by atoms with van der Waals surface area (Å²) in [5.74, 6) is -1.29. The first kappa shape index (κ1) is 23.9. The molecule has 0 bridgehead atoms. The van der Waals surface area contributed by atoms with Crippen LogP contribution in [0.25, 0.3) is 22.6 Å². The van der Waals surface area contributed by atoms with Crippen molar-refractivity contribution < 1.29 is 19.0 Å². The van der Waals surface area contributed by atoms with Crippen LogP contribution in [-0.4, -0.2) is 47.6 Å². The maximum atomic E-state index is 14.2. The predicted molar refractivity (Wildman–Crippen MR) is 127 cm³/mol. The Bertz CT molecular complexity index is 1390. The lowest BCUT2D eigenvalue weighted by atomic mass is 9.82. The third kappa shape index (κ3) is 4.59. The van der Waals surface area contributed by atoms with Gasteiger partial charge in [-0.2, -0.15) is 10.1 Å². The number of rotatable bonds is 9.